The Morgan fingerprint density at radius 2 is 1.00 bits per heavy atom. The van der Waals surface area contributed by atoms with Crippen molar-refractivity contribution in [1.29, 1.82) is 0 Å². The Morgan fingerprint density at radius 1 is 0.673 bits per heavy atom. The van der Waals surface area contributed by atoms with Crippen molar-refractivity contribution in [3.05, 3.63) is 90.7 Å². The molecule has 0 bridgehead atoms. The fourth-order valence-corrected chi connectivity index (χ4v) is 9.06. The lowest BCUT2D eigenvalue weighted by Gasteiger charge is -2.22. The predicted octanol–water partition coefficient (Wildman–Crippen LogP) is 6.01. The molecule has 15 nitrogen and oxygen atoms in total. The van der Waals surface area contributed by atoms with E-state index in [9.17, 15) is 25.3 Å². The van der Waals surface area contributed by atoms with Gasteiger partial charge in [0.05, 0.1) is 32.4 Å². The Balaban J connectivity index is 0.000000428. The summed E-state index contributed by atoms with van der Waals surface area (Å²) in [4.78, 5) is 7.93. The molecule has 2 heterocycles. The number of hydrogen-bond donors (Lipinski definition) is 2. The monoisotopic (exact) mass is 905 g/mol. The molecule has 310 valence electrons. The number of aromatic nitrogens is 2. The summed E-state index contributed by atoms with van der Waals surface area (Å²) in [6.07, 6.45) is 1.53. The second kappa shape index (κ2) is 23.1. The molecule has 4 atom stereocenters. The largest absolute Gasteiger partial charge is 0.497 e. The number of rotatable bonds is 16. The van der Waals surface area contributed by atoms with Crippen LogP contribution in [0.15, 0.2) is 60.9 Å². The van der Waals surface area contributed by atoms with Crippen LogP contribution in [0.1, 0.15) is 61.5 Å². The molecule has 0 saturated heterocycles. The molecule has 4 rings (SSSR count). The van der Waals surface area contributed by atoms with E-state index in [4.69, 9.17) is 52.4 Å². The average Bonchev–Trinajstić information content (AvgIpc) is 3.76. The SMILES string of the molecule is C.CCS(=O)(=O)N(Cc1ccc(OC)cc1)Cc1ccc(OC)cc1.CO[C@@H](c1ncc(Cl)s1)[C@@H](C)S(N)(=O)=O.CO[C@H](c1ncc(Cl)s1)[C@H](C)S(N)(=O)=O. The number of halogens is 2. The highest BCUT2D eigenvalue weighted by molar-refractivity contribution is 7.90. The zero-order valence-electron chi connectivity index (χ0n) is 30.6. The summed E-state index contributed by atoms with van der Waals surface area (Å²) in [7, 11) is -4.61. The molecule has 0 spiro atoms. The quantitative estimate of drug-likeness (QED) is 0.132. The van der Waals surface area contributed by atoms with Crippen molar-refractivity contribution in [1.82, 2.24) is 14.3 Å². The minimum Gasteiger partial charge on any atom is -0.497 e. The van der Waals surface area contributed by atoms with Gasteiger partial charge in [0.25, 0.3) is 0 Å². The molecule has 0 unspecified atom stereocenters. The Labute approximate surface area is 343 Å². The summed E-state index contributed by atoms with van der Waals surface area (Å²) < 4.78 is 92.3. The van der Waals surface area contributed by atoms with E-state index in [1.54, 1.807) is 21.1 Å². The number of thiazole rings is 2. The first-order valence-electron chi connectivity index (χ1n) is 15.8. The highest BCUT2D eigenvalue weighted by Gasteiger charge is 2.31. The van der Waals surface area contributed by atoms with Gasteiger partial charge in [-0.15, -0.1) is 22.7 Å². The number of primary sulfonamides is 2. The van der Waals surface area contributed by atoms with Crippen LogP contribution in [0, 0.1) is 0 Å². The number of ether oxygens (including phenoxy) is 4. The first-order chi connectivity index (χ1) is 25.2. The van der Waals surface area contributed by atoms with E-state index in [0.717, 1.165) is 22.6 Å². The highest BCUT2D eigenvalue weighted by Crippen LogP contribution is 2.31. The zero-order chi connectivity index (χ0) is 40.9. The van der Waals surface area contributed by atoms with Crippen molar-refractivity contribution in [2.75, 3.05) is 34.2 Å². The summed E-state index contributed by atoms with van der Waals surface area (Å²) in [5.74, 6) is 1.57. The number of benzene rings is 2. The van der Waals surface area contributed by atoms with E-state index in [0.29, 0.717) is 31.8 Å². The number of nitrogens with zero attached hydrogens (tertiary/aromatic N) is 3. The molecule has 0 fully saturated rings. The fraction of sp³-hybridized carbons (Fsp3) is 0.455. The first kappa shape index (κ1) is 50.5. The topological polar surface area (TPSA) is 220 Å². The van der Waals surface area contributed by atoms with Gasteiger partial charge in [0, 0.05) is 27.3 Å². The van der Waals surface area contributed by atoms with Crippen molar-refractivity contribution in [2.24, 2.45) is 10.3 Å². The third-order valence-electron chi connectivity index (χ3n) is 7.67. The molecule has 2 aromatic heterocycles. The van der Waals surface area contributed by atoms with Crippen molar-refractivity contribution < 1.29 is 44.2 Å². The van der Waals surface area contributed by atoms with Crippen LogP contribution in [0.5, 0.6) is 11.5 Å². The summed E-state index contributed by atoms with van der Waals surface area (Å²) in [5, 5.41) is 9.37. The van der Waals surface area contributed by atoms with Crippen LogP contribution in [-0.4, -0.2) is 84.2 Å². The third kappa shape index (κ3) is 16.1. The average molecular weight is 907 g/mol. The number of hydrogen-bond acceptors (Lipinski definition) is 14. The van der Waals surface area contributed by atoms with E-state index >= 15 is 0 Å². The summed E-state index contributed by atoms with van der Waals surface area (Å²) in [6.45, 7) is 5.25. The van der Waals surface area contributed by atoms with Gasteiger partial charge in [-0.25, -0.2) is 45.5 Å². The Kier molecular flexibility index (Phi) is 21.2. The van der Waals surface area contributed by atoms with Crippen molar-refractivity contribution in [3.63, 3.8) is 0 Å². The minimum atomic E-state index is -3.65. The molecule has 4 aromatic rings. The number of sulfonamides is 3. The molecule has 4 N–H and O–H groups in total. The number of methoxy groups -OCH3 is 4. The van der Waals surface area contributed by atoms with E-state index < -0.39 is 52.8 Å². The van der Waals surface area contributed by atoms with Crippen LogP contribution in [0.4, 0.5) is 0 Å². The van der Waals surface area contributed by atoms with E-state index in [1.807, 2.05) is 48.5 Å². The zero-order valence-corrected chi connectivity index (χ0v) is 36.2. The molecule has 0 amide bonds. The molecule has 2 aromatic carbocycles. The second-order valence-corrected chi connectivity index (χ2v) is 20.8. The van der Waals surface area contributed by atoms with Gasteiger partial charge in [0.2, 0.25) is 30.1 Å². The first-order valence-corrected chi connectivity index (χ1v) is 23.0. The third-order valence-corrected chi connectivity index (χ3v) is 14.4. The van der Waals surface area contributed by atoms with Crippen molar-refractivity contribution in [3.8, 4) is 11.5 Å². The molecule has 0 radical (unpaired) electrons. The Hall–Kier alpha value is -2.47. The predicted molar refractivity (Wildman–Crippen MR) is 220 cm³/mol. The summed E-state index contributed by atoms with van der Waals surface area (Å²) in [5.41, 5.74) is 1.84. The van der Waals surface area contributed by atoms with Gasteiger partial charge in [-0.3, -0.25) is 0 Å². The van der Waals surface area contributed by atoms with Gasteiger partial charge in [-0.1, -0.05) is 54.9 Å². The summed E-state index contributed by atoms with van der Waals surface area (Å²) >= 11 is 13.7. The minimum absolute atomic E-state index is 0. The highest BCUT2D eigenvalue weighted by atomic mass is 35.5. The molecule has 22 heteroatoms. The maximum Gasteiger partial charge on any atom is 0.214 e. The molecule has 0 aliphatic heterocycles. The lowest BCUT2D eigenvalue weighted by atomic mass is 10.2. The van der Waals surface area contributed by atoms with Crippen LogP contribution in [0.2, 0.25) is 8.67 Å². The van der Waals surface area contributed by atoms with Crippen molar-refractivity contribution in [2.45, 2.75) is 64.0 Å². The van der Waals surface area contributed by atoms with Crippen LogP contribution in [0.3, 0.4) is 0 Å². The van der Waals surface area contributed by atoms with Crippen LogP contribution in [-0.2, 0) is 52.6 Å². The van der Waals surface area contributed by atoms with Crippen LogP contribution < -0.4 is 19.8 Å². The van der Waals surface area contributed by atoms with Gasteiger partial charge in [0.1, 0.15) is 52.9 Å². The lowest BCUT2D eigenvalue weighted by Crippen LogP contribution is -2.32. The Bertz CT molecular complexity index is 1940. The number of nitrogens with two attached hydrogens (primary N) is 2. The lowest BCUT2D eigenvalue weighted by molar-refractivity contribution is 0.102. The van der Waals surface area contributed by atoms with E-state index in [-0.39, 0.29) is 13.2 Å². The van der Waals surface area contributed by atoms with E-state index in [1.165, 1.54) is 67.4 Å². The molecular weight excluding hydrogens is 858 g/mol. The fourth-order valence-electron chi connectivity index (χ4n) is 4.43. The van der Waals surface area contributed by atoms with Crippen molar-refractivity contribution >= 4 is 75.9 Å². The van der Waals surface area contributed by atoms with Gasteiger partial charge < -0.3 is 18.9 Å². The maximum absolute atomic E-state index is 12.4. The smallest absolute Gasteiger partial charge is 0.214 e. The van der Waals surface area contributed by atoms with Crippen LogP contribution in [0.25, 0.3) is 0 Å². The normalized spacial score (nSPS) is 13.9. The van der Waals surface area contributed by atoms with Gasteiger partial charge >= 0.3 is 0 Å². The summed E-state index contributed by atoms with van der Waals surface area (Å²) in [6, 6.07) is 14.9. The molecular formula is C33H49Cl2N5O10S5. The molecule has 0 aliphatic carbocycles. The second-order valence-electron chi connectivity index (χ2n) is 11.3. The standard InChI is InChI=1S/C18H23NO4S.2C7H11ClN2O3S2.CH4/c1-4-24(20,21)19(13-15-5-9-17(22-2)10-6-15)14-16-7-11-18(23-3)12-8-16;2*1-4(15(9,11)12)6(13-2)7-10-3-5(8)14-7;/h5-12H,4,13-14H2,1-3H3;2*3-4,6H,1-2H3,(H2,9,11,12);1H4/t;2*4-,6-;/m.10./s1. The van der Waals surface area contributed by atoms with Gasteiger partial charge in [-0.05, 0) is 56.2 Å². The maximum atomic E-state index is 12.4. The molecule has 0 saturated carbocycles. The molecule has 0 aliphatic rings. The van der Waals surface area contributed by atoms with Gasteiger partial charge in [0.15, 0.2) is 0 Å². The Morgan fingerprint density at radius 3 is 1.22 bits per heavy atom. The molecule has 55 heavy (non-hydrogen) atoms. The van der Waals surface area contributed by atoms with Crippen LogP contribution >= 0.6 is 45.9 Å². The van der Waals surface area contributed by atoms with E-state index in [2.05, 4.69) is 9.97 Å². The van der Waals surface area contributed by atoms with Gasteiger partial charge in [-0.2, -0.15) is 4.31 Å².